The van der Waals surface area contributed by atoms with Crippen LogP contribution in [0, 0.1) is 0 Å². The Hall–Kier alpha value is 0.0700. The van der Waals surface area contributed by atoms with E-state index in [4.69, 9.17) is 4.74 Å². The van der Waals surface area contributed by atoms with Crippen molar-refractivity contribution in [2.24, 2.45) is 0 Å². The van der Waals surface area contributed by atoms with Gasteiger partial charge in [-0.25, -0.2) is 0 Å². The van der Waals surface area contributed by atoms with Crippen LogP contribution in [-0.2, 0) is 15.5 Å². The molecule has 1 rings (SSSR count). The van der Waals surface area contributed by atoms with E-state index in [9.17, 15) is 4.21 Å². The Labute approximate surface area is 102 Å². The molecular formula is C12H25NO2S. The van der Waals surface area contributed by atoms with Gasteiger partial charge in [-0.2, -0.15) is 0 Å². The minimum absolute atomic E-state index is 0.243. The zero-order valence-corrected chi connectivity index (χ0v) is 11.5. The Morgan fingerprint density at radius 1 is 1.56 bits per heavy atom. The lowest BCUT2D eigenvalue weighted by Crippen LogP contribution is -2.42. The van der Waals surface area contributed by atoms with E-state index in [0.717, 1.165) is 32.4 Å². The predicted octanol–water partition coefficient (Wildman–Crippen LogP) is 1.69. The minimum atomic E-state index is -0.721. The molecule has 4 unspecified atom stereocenters. The van der Waals surface area contributed by atoms with Gasteiger partial charge in [0.05, 0.1) is 6.10 Å². The Morgan fingerprint density at radius 3 is 2.94 bits per heavy atom. The average molecular weight is 247 g/mol. The van der Waals surface area contributed by atoms with Crippen molar-refractivity contribution in [2.75, 3.05) is 19.4 Å². The van der Waals surface area contributed by atoms with Gasteiger partial charge in [-0.1, -0.05) is 13.3 Å². The zero-order chi connectivity index (χ0) is 12.0. The first kappa shape index (κ1) is 14.1. The number of rotatable bonds is 6. The van der Waals surface area contributed by atoms with Crippen LogP contribution in [0.2, 0.25) is 0 Å². The van der Waals surface area contributed by atoms with Crippen LogP contribution in [0.4, 0.5) is 0 Å². The molecule has 1 saturated heterocycles. The molecule has 1 N–H and O–H groups in total. The highest BCUT2D eigenvalue weighted by molar-refractivity contribution is 7.84. The molecule has 1 fully saturated rings. The number of hydrogen-bond acceptors (Lipinski definition) is 3. The quantitative estimate of drug-likeness (QED) is 0.776. The van der Waals surface area contributed by atoms with Crippen molar-refractivity contribution in [3.05, 3.63) is 0 Å². The third kappa shape index (κ3) is 4.93. The summed E-state index contributed by atoms with van der Waals surface area (Å²) in [5.74, 6) is 0. The van der Waals surface area contributed by atoms with Crippen LogP contribution < -0.4 is 5.32 Å². The van der Waals surface area contributed by atoms with E-state index in [2.05, 4.69) is 12.2 Å². The van der Waals surface area contributed by atoms with Crippen molar-refractivity contribution in [1.82, 2.24) is 5.32 Å². The lowest BCUT2D eigenvalue weighted by molar-refractivity contribution is -0.00299. The van der Waals surface area contributed by atoms with E-state index in [1.54, 1.807) is 6.26 Å². The van der Waals surface area contributed by atoms with E-state index < -0.39 is 10.8 Å². The summed E-state index contributed by atoms with van der Waals surface area (Å²) in [5, 5.41) is 3.76. The average Bonchev–Trinajstić information content (AvgIpc) is 2.26. The van der Waals surface area contributed by atoms with Crippen molar-refractivity contribution in [2.45, 2.75) is 56.9 Å². The molecule has 16 heavy (non-hydrogen) atoms. The summed E-state index contributed by atoms with van der Waals surface area (Å²) >= 11 is 0. The van der Waals surface area contributed by atoms with Crippen molar-refractivity contribution >= 4 is 10.8 Å². The second-order valence-corrected chi connectivity index (χ2v) is 6.52. The normalized spacial score (nSPS) is 29.9. The summed E-state index contributed by atoms with van der Waals surface area (Å²) in [4.78, 5) is 0. The topological polar surface area (TPSA) is 38.3 Å². The molecule has 0 amide bonds. The Balaban J connectivity index is 2.23. The maximum absolute atomic E-state index is 11.2. The summed E-state index contributed by atoms with van der Waals surface area (Å²) < 4.78 is 16.9. The summed E-state index contributed by atoms with van der Waals surface area (Å²) in [6.45, 7) is 5.95. The van der Waals surface area contributed by atoms with Gasteiger partial charge in [0.2, 0.25) is 0 Å². The summed E-state index contributed by atoms with van der Waals surface area (Å²) in [7, 11) is -0.721. The fourth-order valence-corrected chi connectivity index (χ4v) is 2.37. The Morgan fingerprint density at radius 2 is 2.31 bits per heavy atom. The van der Waals surface area contributed by atoms with Gasteiger partial charge in [-0.3, -0.25) is 4.21 Å². The van der Waals surface area contributed by atoms with Crippen LogP contribution in [0.25, 0.3) is 0 Å². The molecule has 0 aromatic carbocycles. The van der Waals surface area contributed by atoms with Crippen molar-refractivity contribution in [3.8, 4) is 0 Å². The maximum Gasteiger partial charge on any atom is 0.0589 e. The highest BCUT2D eigenvalue weighted by Gasteiger charge is 2.22. The fourth-order valence-electron chi connectivity index (χ4n) is 2.04. The van der Waals surface area contributed by atoms with E-state index in [-0.39, 0.29) is 5.25 Å². The fraction of sp³-hybridized carbons (Fsp3) is 1.00. The summed E-state index contributed by atoms with van der Waals surface area (Å²) in [6.07, 6.45) is 6.75. The summed E-state index contributed by atoms with van der Waals surface area (Å²) in [6, 6.07) is 0.552. The van der Waals surface area contributed by atoms with Crippen LogP contribution in [0.5, 0.6) is 0 Å². The molecule has 3 nitrogen and oxygen atoms in total. The Kier molecular flexibility index (Phi) is 6.54. The first-order chi connectivity index (χ1) is 7.63. The molecule has 0 spiro atoms. The molecular weight excluding hydrogens is 222 g/mol. The molecule has 0 aromatic heterocycles. The van der Waals surface area contributed by atoms with Crippen molar-refractivity contribution < 1.29 is 8.95 Å². The predicted molar refractivity (Wildman–Crippen MR) is 69.2 cm³/mol. The Bertz CT molecular complexity index is 221. The SMILES string of the molecule is CCCC1CC(NCC(C)S(C)=O)CCO1. The molecule has 0 radical (unpaired) electrons. The first-order valence-corrected chi connectivity index (χ1v) is 7.92. The molecule has 96 valence electrons. The monoisotopic (exact) mass is 247 g/mol. The first-order valence-electron chi connectivity index (χ1n) is 6.30. The minimum Gasteiger partial charge on any atom is -0.378 e. The molecule has 1 heterocycles. The lowest BCUT2D eigenvalue weighted by Gasteiger charge is -2.30. The van der Waals surface area contributed by atoms with Crippen molar-refractivity contribution in [1.29, 1.82) is 0 Å². The van der Waals surface area contributed by atoms with Gasteiger partial charge in [-0.15, -0.1) is 0 Å². The zero-order valence-electron chi connectivity index (χ0n) is 10.7. The van der Waals surface area contributed by atoms with Gasteiger partial charge < -0.3 is 10.1 Å². The van der Waals surface area contributed by atoms with E-state index in [1.165, 1.54) is 6.42 Å². The van der Waals surface area contributed by atoms with Gasteiger partial charge in [0.25, 0.3) is 0 Å². The number of nitrogens with one attached hydrogen (secondary N) is 1. The lowest BCUT2D eigenvalue weighted by atomic mass is 10.00. The van der Waals surface area contributed by atoms with Gasteiger partial charge in [0, 0.05) is 41.5 Å². The summed E-state index contributed by atoms with van der Waals surface area (Å²) in [5.41, 5.74) is 0. The third-order valence-electron chi connectivity index (χ3n) is 3.24. The number of hydrogen-bond donors (Lipinski definition) is 1. The smallest absolute Gasteiger partial charge is 0.0589 e. The maximum atomic E-state index is 11.2. The molecule has 1 aliphatic heterocycles. The second kappa shape index (κ2) is 7.41. The molecule has 0 saturated carbocycles. The van der Waals surface area contributed by atoms with E-state index in [0.29, 0.717) is 12.1 Å². The second-order valence-electron chi connectivity index (χ2n) is 4.72. The standard InChI is InChI=1S/C12H25NO2S/c1-4-5-12-8-11(6-7-15-12)13-9-10(2)16(3)14/h10-13H,4-9H2,1-3H3. The van der Waals surface area contributed by atoms with Crippen LogP contribution >= 0.6 is 0 Å². The molecule has 0 bridgehead atoms. The van der Waals surface area contributed by atoms with Gasteiger partial charge in [-0.05, 0) is 26.2 Å². The molecule has 4 heteroatoms. The van der Waals surface area contributed by atoms with E-state index in [1.807, 2.05) is 6.92 Å². The van der Waals surface area contributed by atoms with Gasteiger partial charge >= 0.3 is 0 Å². The van der Waals surface area contributed by atoms with E-state index >= 15 is 0 Å². The number of ether oxygens (including phenoxy) is 1. The molecule has 1 aliphatic rings. The molecule has 0 aliphatic carbocycles. The molecule has 0 aromatic rings. The largest absolute Gasteiger partial charge is 0.378 e. The van der Waals surface area contributed by atoms with Crippen LogP contribution in [0.1, 0.15) is 39.5 Å². The van der Waals surface area contributed by atoms with Crippen LogP contribution in [-0.4, -0.2) is 41.0 Å². The van der Waals surface area contributed by atoms with Gasteiger partial charge in [0.15, 0.2) is 0 Å². The third-order valence-corrected chi connectivity index (χ3v) is 4.54. The van der Waals surface area contributed by atoms with Gasteiger partial charge in [0.1, 0.15) is 0 Å². The van der Waals surface area contributed by atoms with Crippen LogP contribution in [0.15, 0.2) is 0 Å². The van der Waals surface area contributed by atoms with Crippen molar-refractivity contribution in [3.63, 3.8) is 0 Å². The molecule has 4 atom stereocenters. The highest BCUT2D eigenvalue weighted by atomic mass is 32.2. The highest BCUT2D eigenvalue weighted by Crippen LogP contribution is 2.17. The van der Waals surface area contributed by atoms with Crippen LogP contribution in [0.3, 0.4) is 0 Å².